The minimum absolute atomic E-state index is 0.301. The summed E-state index contributed by atoms with van der Waals surface area (Å²) in [5.74, 6) is 1.21. The average Bonchev–Trinajstić information content (AvgIpc) is 2.27. The van der Waals surface area contributed by atoms with Crippen LogP contribution in [0.2, 0.25) is 0 Å². The molecule has 1 amide bonds. The summed E-state index contributed by atoms with van der Waals surface area (Å²) in [6, 6.07) is 1.23. The van der Waals surface area contributed by atoms with Crippen molar-refractivity contribution in [3.63, 3.8) is 0 Å². The molecule has 92 valence electrons. The zero-order valence-electron chi connectivity index (χ0n) is 10.5. The number of carbonyl (C=O) groups excluding carboxylic acids is 1. The van der Waals surface area contributed by atoms with Crippen molar-refractivity contribution >= 4 is 5.91 Å². The van der Waals surface area contributed by atoms with Gasteiger partial charge in [-0.25, -0.2) is 0 Å². The number of likely N-dealkylation sites (tertiary alicyclic amines) is 1. The fourth-order valence-corrected chi connectivity index (χ4v) is 2.91. The lowest BCUT2D eigenvalue weighted by Crippen LogP contribution is -2.50. The molecule has 1 aliphatic heterocycles. The van der Waals surface area contributed by atoms with Crippen LogP contribution in [-0.2, 0) is 4.79 Å². The van der Waals surface area contributed by atoms with Crippen molar-refractivity contribution in [2.24, 2.45) is 5.92 Å². The topological polar surface area (TPSA) is 32.3 Å². The SMILES string of the molecule is CC1CCC(NC2CCC(=O)N(C)C2)CC1. The Morgan fingerprint density at radius 1 is 1.12 bits per heavy atom. The summed E-state index contributed by atoms with van der Waals surface area (Å²) in [4.78, 5) is 13.2. The summed E-state index contributed by atoms with van der Waals surface area (Å²) < 4.78 is 0. The number of likely N-dealkylation sites (N-methyl/N-ethyl adjacent to an activating group) is 1. The van der Waals surface area contributed by atoms with E-state index in [2.05, 4.69) is 12.2 Å². The molecule has 2 aliphatic rings. The van der Waals surface area contributed by atoms with E-state index in [1.165, 1.54) is 25.7 Å². The molecule has 3 nitrogen and oxygen atoms in total. The minimum Gasteiger partial charge on any atom is -0.344 e. The number of nitrogens with zero attached hydrogens (tertiary/aromatic N) is 1. The van der Waals surface area contributed by atoms with E-state index in [-0.39, 0.29) is 0 Å². The average molecular weight is 224 g/mol. The second-order valence-electron chi connectivity index (χ2n) is 5.63. The molecule has 0 aromatic heterocycles. The minimum atomic E-state index is 0.301. The zero-order chi connectivity index (χ0) is 11.5. The van der Waals surface area contributed by atoms with E-state index in [0.29, 0.717) is 18.0 Å². The van der Waals surface area contributed by atoms with E-state index in [4.69, 9.17) is 0 Å². The normalized spacial score (nSPS) is 36.5. The number of amides is 1. The Bertz CT molecular complexity index is 246. The Morgan fingerprint density at radius 3 is 2.44 bits per heavy atom. The first-order valence-electron chi connectivity index (χ1n) is 6.65. The molecule has 1 unspecified atom stereocenters. The number of hydrogen-bond acceptors (Lipinski definition) is 2. The molecule has 1 saturated heterocycles. The van der Waals surface area contributed by atoms with Crippen molar-refractivity contribution in [2.45, 2.75) is 57.5 Å². The van der Waals surface area contributed by atoms with Crippen molar-refractivity contribution in [1.29, 1.82) is 0 Å². The Labute approximate surface area is 98.6 Å². The van der Waals surface area contributed by atoms with Gasteiger partial charge in [0.25, 0.3) is 0 Å². The predicted octanol–water partition coefficient (Wildman–Crippen LogP) is 1.78. The first-order valence-corrected chi connectivity index (χ1v) is 6.65. The highest BCUT2D eigenvalue weighted by Crippen LogP contribution is 2.24. The lowest BCUT2D eigenvalue weighted by molar-refractivity contribution is -0.132. The third-order valence-corrected chi connectivity index (χ3v) is 4.11. The summed E-state index contributed by atoms with van der Waals surface area (Å²) >= 11 is 0. The summed E-state index contributed by atoms with van der Waals surface area (Å²) in [6.07, 6.45) is 7.09. The molecule has 0 radical (unpaired) electrons. The van der Waals surface area contributed by atoms with Crippen LogP contribution >= 0.6 is 0 Å². The molecule has 1 heterocycles. The summed E-state index contributed by atoms with van der Waals surface area (Å²) in [7, 11) is 1.92. The number of nitrogens with one attached hydrogen (secondary N) is 1. The van der Waals surface area contributed by atoms with Gasteiger partial charge in [0.2, 0.25) is 5.91 Å². The third-order valence-electron chi connectivity index (χ3n) is 4.11. The third kappa shape index (κ3) is 2.97. The fraction of sp³-hybridized carbons (Fsp3) is 0.923. The van der Waals surface area contributed by atoms with Crippen molar-refractivity contribution < 1.29 is 4.79 Å². The van der Waals surface area contributed by atoms with Crippen molar-refractivity contribution in [2.75, 3.05) is 13.6 Å². The van der Waals surface area contributed by atoms with Gasteiger partial charge in [-0.3, -0.25) is 4.79 Å². The fourth-order valence-electron chi connectivity index (χ4n) is 2.91. The highest BCUT2D eigenvalue weighted by atomic mass is 16.2. The molecule has 1 atom stereocenters. The van der Waals surface area contributed by atoms with Gasteiger partial charge in [-0.05, 0) is 38.0 Å². The molecular formula is C13H24N2O. The largest absolute Gasteiger partial charge is 0.344 e. The van der Waals surface area contributed by atoms with Gasteiger partial charge < -0.3 is 10.2 Å². The van der Waals surface area contributed by atoms with Gasteiger partial charge in [-0.1, -0.05) is 6.92 Å². The summed E-state index contributed by atoms with van der Waals surface area (Å²) in [5.41, 5.74) is 0. The van der Waals surface area contributed by atoms with Crippen molar-refractivity contribution in [3.8, 4) is 0 Å². The van der Waals surface area contributed by atoms with Gasteiger partial charge in [-0.2, -0.15) is 0 Å². The molecular weight excluding hydrogens is 200 g/mol. The molecule has 2 rings (SSSR count). The van der Waals surface area contributed by atoms with Crippen LogP contribution in [-0.4, -0.2) is 36.5 Å². The molecule has 0 spiro atoms. The van der Waals surface area contributed by atoms with Crippen LogP contribution in [0.5, 0.6) is 0 Å². The maximum absolute atomic E-state index is 11.4. The van der Waals surface area contributed by atoms with Gasteiger partial charge in [0.15, 0.2) is 0 Å². The van der Waals surface area contributed by atoms with E-state index in [9.17, 15) is 4.79 Å². The smallest absolute Gasteiger partial charge is 0.222 e. The van der Waals surface area contributed by atoms with Crippen molar-refractivity contribution in [1.82, 2.24) is 10.2 Å². The number of hydrogen-bond donors (Lipinski definition) is 1. The zero-order valence-corrected chi connectivity index (χ0v) is 10.5. The number of carbonyl (C=O) groups is 1. The Balaban J connectivity index is 1.75. The molecule has 0 aromatic carbocycles. The lowest BCUT2D eigenvalue weighted by atomic mass is 9.86. The second-order valence-corrected chi connectivity index (χ2v) is 5.63. The van der Waals surface area contributed by atoms with Crippen LogP contribution in [0.1, 0.15) is 45.4 Å². The van der Waals surface area contributed by atoms with E-state index in [1.54, 1.807) is 0 Å². The van der Waals surface area contributed by atoms with Gasteiger partial charge in [-0.15, -0.1) is 0 Å². The van der Waals surface area contributed by atoms with Gasteiger partial charge >= 0.3 is 0 Å². The van der Waals surface area contributed by atoms with E-state index in [1.807, 2.05) is 11.9 Å². The molecule has 0 bridgehead atoms. The second kappa shape index (κ2) is 5.17. The van der Waals surface area contributed by atoms with Gasteiger partial charge in [0, 0.05) is 32.1 Å². The maximum atomic E-state index is 11.4. The van der Waals surface area contributed by atoms with E-state index < -0.39 is 0 Å². The van der Waals surface area contributed by atoms with Gasteiger partial charge in [0.1, 0.15) is 0 Å². The molecule has 3 heteroatoms. The Kier molecular flexibility index (Phi) is 3.85. The van der Waals surface area contributed by atoms with Crippen LogP contribution in [0.4, 0.5) is 0 Å². The summed E-state index contributed by atoms with van der Waals surface area (Å²) in [6.45, 7) is 3.24. The molecule has 1 saturated carbocycles. The van der Waals surface area contributed by atoms with Crippen LogP contribution < -0.4 is 5.32 Å². The number of rotatable bonds is 2. The Morgan fingerprint density at radius 2 is 1.81 bits per heavy atom. The molecule has 2 fully saturated rings. The van der Waals surface area contributed by atoms with Crippen molar-refractivity contribution in [3.05, 3.63) is 0 Å². The van der Waals surface area contributed by atoms with Gasteiger partial charge in [0.05, 0.1) is 0 Å². The van der Waals surface area contributed by atoms with Crippen LogP contribution in [0.25, 0.3) is 0 Å². The van der Waals surface area contributed by atoms with Crippen LogP contribution in [0.3, 0.4) is 0 Å². The highest BCUT2D eigenvalue weighted by molar-refractivity contribution is 5.76. The molecule has 0 aromatic rings. The van der Waals surface area contributed by atoms with Crippen LogP contribution in [0, 0.1) is 5.92 Å². The molecule has 1 N–H and O–H groups in total. The molecule has 1 aliphatic carbocycles. The first-order chi connectivity index (χ1) is 7.65. The summed E-state index contributed by atoms with van der Waals surface area (Å²) in [5, 5.41) is 3.74. The molecule has 16 heavy (non-hydrogen) atoms. The quantitative estimate of drug-likeness (QED) is 0.775. The lowest BCUT2D eigenvalue weighted by Gasteiger charge is -2.35. The van der Waals surface area contributed by atoms with Crippen LogP contribution in [0.15, 0.2) is 0 Å². The monoisotopic (exact) mass is 224 g/mol. The van der Waals surface area contributed by atoms with E-state index in [0.717, 1.165) is 25.3 Å². The number of piperidine rings is 1. The highest BCUT2D eigenvalue weighted by Gasteiger charge is 2.26. The first kappa shape index (κ1) is 11.9. The standard InChI is InChI=1S/C13H24N2O/c1-10-3-5-11(6-4-10)14-12-7-8-13(16)15(2)9-12/h10-12,14H,3-9H2,1-2H3. The predicted molar refractivity (Wildman–Crippen MR) is 65.2 cm³/mol. The van der Waals surface area contributed by atoms with E-state index >= 15 is 0 Å². The maximum Gasteiger partial charge on any atom is 0.222 e. The Hall–Kier alpha value is -0.570.